The van der Waals surface area contributed by atoms with Crippen LogP contribution in [-0.2, 0) is 11.3 Å². The molecular weight excluding hydrogens is 306 g/mol. The number of amides is 1. The third-order valence-corrected chi connectivity index (χ3v) is 3.87. The van der Waals surface area contributed by atoms with Gasteiger partial charge < -0.3 is 15.0 Å². The molecule has 0 spiro atoms. The highest BCUT2D eigenvalue weighted by atomic mass is 16.5. The van der Waals surface area contributed by atoms with E-state index in [1.54, 1.807) is 0 Å². The van der Waals surface area contributed by atoms with Crippen molar-refractivity contribution in [2.45, 2.75) is 12.6 Å². The number of rotatable bonds is 5. The molecule has 1 aromatic heterocycles. The van der Waals surface area contributed by atoms with Crippen molar-refractivity contribution in [1.82, 2.24) is 20.0 Å². The van der Waals surface area contributed by atoms with Crippen molar-refractivity contribution in [2.24, 2.45) is 0 Å². The van der Waals surface area contributed by atoms with E-state index in [4.69, 9.17) is 4.74 Å². The summed E-state index contributed by atoms with van der Waals surface area (Å²) in [5.41, 5.74) is 0.847. The lowest BCUT2D eigenvalue weighted by molar-refractivity contribution is -0.118. The second-order valence-electron chi connectivity index (χ2n) is 6.03. The number of ether oxygens (including phenoxy) is 1. The van der Waals surface area contributed by atoms with Gasteiger partial charge in [-0.2, -0.15) is 5.10 Å². The van der Waals surface area contributed by atoms with E-state index in [2.05, 4.69) is 20.6 Å². The zero-order valence-corrected chi connectivity index (χ0v) is 14.0. The number of likely N-dealkylation sites (N-methyl/N-ethyl adjacent to an activating group) is 1. The van der Waals surface area contributed by atoms with Gasteiger partial charge in [0.15, 0.2) is 5.82 Å². The van der Waals surface area contributed by atoms with Crippen LogP contribution in [-0.4, -0.2) is 54.4 Å². The average molecular weight is 329 g/mol. The molecule has 0 saturated carbocycles. The molecule has 1 aromatic carbocycles. The number of para-hydroxylation sites is 1. The van der Waals surface area contributed by atoms with Crippen molar-refractivity contribution in [2.75, 3.05) is 39.1 Å². The van der Waals surface area contributed by atoms with Gasteiger partial charge in [-0.3, -0.25) is 14.8 Å². The number of carbonyl (C=O) groups excluding carboxylic acids is 1. The predicted molar refractivity (Wildman–Crippen MR) is 92.1 cm³/mol. The van der Waals surface area contributed by atoms with Crippen LogP contribution in [0.15, 0.2) is 36.5 Å². The minimum Gasteiger partial charge on any atom is -0.492 e. The summed E-state index contributed by atoms with van der Waals surface area (Å²) in [4.78, 5) is 14.8. The fraction of sp³-hybridized carbons (Fsp3) is 0.412. The van der Waals surface area contributed by atoms with Crippen LogP contribution in [0, 0.1) is 0 Å². The molecule has 1 amide bonds. The van der Waals surface area contributed by atoms with Crippen molar-refractivity contribution < 1.29 is 9.53 Å². The van der Waals surface area contributed by atoms with E-state index in [9.17, 15) is 4.79 Å². The molecule has 0 bridgehead atoms. The summed E-state index contributed by atoms with van der Waals surface area (Å²) in [5, 5.41) is 10.5. The van der Waals surface area contributed by atoms with Crippen molar-refractivity contribution in [3.63, 3.8) is 0 Å². The molecule has 0 radical (unpaired) electrons. The molecule has 3 rings (SSSR count). The Morgan fingerprint density at radius 2 is 2.25 bits per heavy atom. The smallest absolute Gasteiger partial charge is 0.247 e. The van der Waals surface area contributed by atoms with Gasteiger partial charge in [-0.05, 0) is 20.2 Å². The summed E-state index contributed by atoms with van der Waals surface area (Å²) in [6, 6.07) is 8.98. The molecule has 7 heteroatoms. The standard InChI is InChI=1S/C17H23N5O2/c1-21(2)10-11-22-9-7-15(20-22)19-17(23)16-13-5-3-4-6-14(13)24-12-8-18-16/h3-7,9,16,18H,8,10-12H2,1-2H3,(H,19,20,23). The van der Waals surface area contributed by atoms with Crippen molar-refractivity contribution in [3.8, 4) is 5.75 Å². The molecule has 1 aliphatic rings. The van der Waals surface area contributed by atoms with Gasteiger partial charge in [-0.25, -0.2) is 0 Å². The zero-order valence-electron chi connectivity index (χ0n) is 14.0. The number of nitrogens with one attached hydrogen (secondary N) is 2. The number of nitrogens with zero attached hydrogens (tertiary/aromatic N) is 3. The van der Waals surface area contributed by atoms with Crippen LogP contribution in [0.4, 0.5) is 5.82 Å². The highest BCUT2D eigenvalue weighted by Crippen LogP contribution is 2.27. The second-order valence-corrected chi connectivity index (χ2v) is 6.03. The highest BCUT2D eigenvalue weighted by Gasteiger charge is 2.26. The number of hydrogen-bond donors (Lipinski definition) is 2. The van der Waals surface area contributed by atoms with Crippen LogP contribution in [0.3, 0.4) is 0 Å². The van der Waals surface area contributed by atoms with E-state index in [-0.39, 0.29) is 5.91 Å². The molecule has 1 aliphatic heterocycles. The molecule has 128 valence electrons. The number of benzene rings is 1. The molecule has 1 unspecified atom stereocenters. The Bertz CT molecular complexity index is 698. The minimum absolute atomic E-state index is 0.134. The maximum absolute atomic E-state index is 12.7. The molecular formula is C17H23N5O2. The van der Waals surface area contributed by atoms with Gasteiger partial charge in [0.1, 0.15) is 18.4 Å². The molecule has 2 N–H and O–H groups in total. The minimum atomic E-state index is -0.448. The number of hydrogen-bond acceptors (Lipinski definition) is 5. The number of anilines is 1. The van der Waals surface area contributed by atoms with Crippen LogP contribution in [0.1, 0.15) is 11.6 Å². The first kappa shape index (κ1) is 16.5. The lowest BCUT2D eigenvalue weighted by Gasteiger charge is -2.16. The topological polar surface area (TPSA) is 71.4 Å². The van der Waals surface area contributed by atoms with E-state index in [0.717, 1.165) is 24.4 Å². The first-order valence-corrected chi connectivity index (χ1v) is 8.07. The van der Waals surface area contributed by atoms with Gasteiger partial charge in [0.05, 0.1) is 6.54 Å². The van der Waals surface area contributed by atoms with E-state index < -0.39 is 6.04 Å². The normalized spacial score (nSPS) is 17.0. The summed E-state index contributed by atoms with van der Waals surface area (Å²) in [6.45, 7) is 2.83. The van der Waals surface area contributed by atoms with E-state index in [1.165, 1.54) is 0 Å². The molecule has 24 heavy (non-hydrogen) atoms. The molecule has 0 aliphatic carbocycles. The fourth-order valence-corrected chi connectivity index (χ4v) is 2.61. The molecule has 0 fully saturated rings. The Kier molecular flexibility index (Phi) is 5.12. The number of aromatic nitrogens is 2. The van der Waals surface area contributed by atoms with E-state index >= 15 is 0 Å². The lowest BCUT2D eigenvalue weighted by Crippen LogP contribution is -2.33. The van der Waals surface area contributed by atoms with Crippen LogP contribution >= 0.6 is 0 Å². The van der Waals surface area contributed by atoms with Gasteiger partial charge in [0.25, 0.3) is 0 Å². The Morgan fingerprint density at radius 1 is 1.42 bits per heavy atom. The van der Waals surface area contributed by atoms with Crippen molar-refractivity contribution in [1.29, 1.82) is 0 Å². The Morgan fingerprint density at radius 3 is 3.08 bits per heavy atom. The van der Waals surface area contributed by atoms with Crippen LogP contribution in [0.2, 0.25) is 0 Å². The third kappa shape index (κ3) is 3.93. The molecule has 0 saturated heterocycles. The summed E-state index contributed by atoms with van der Waals surface area (Å²) in [6.07, 6.45) is 1.87. The first-order chi connectivity index (χ1) is 11.6. The van der Waals surface area contributed by atoms with Crippen LogP contribution in [0.25, 0.3) is 0 Å². The highest BCUT2D eigenvalue weighted by molar-refractivity contribution is 5.95. The summed E-state index contributed by atoms with van der Waals surface area (Å²) in [5.74, 6) is 1.17. The largest absolute Gasteiger partial charge is 0.492 e. The Hall–Kier alpha value is -2.38. The zero-order chi connectivity index (χ0) is 16.9. The predicted octanol–water partition coefficient (Wildman–Crippen LogP) is 1.11. The Balaban J connectivity index is 1.69. The Labute approximate surface area is 141 Å². The van der Waals surface area contributed by atoms with E-state index in [1.807, 2.05) is 55.3 Å². The first-order valence-electron chi connectivity index (χ1n) is 8.07. The third-order valence-electron chi connectivity index (χ3n) is 3.87. The monoisotopic (exact) mass is 329 g/mol. The molecule has 2 aromatic rings. The summed E-state index contributed by atoms with van der Waals surface area (Å²) < 4.78 is 7.50. The SMILES string of the molecule is CN(C)CCn1ccc(NC(=O)C2NCCOc3ccccc32)n1. The van der Waals surface area contributed by atoms with Gasteiger partial charge >= 0.3 is 0 Å². The van der Waals surface area contributed by atoms with E-state index in [0.29, 0.717) is 19.0 Å². The lowest BCUT2D eigenvalue weighted by atomic mass is 10.1. The van der Waals surface area contributed by atoms with Gasteiger partial charge in [-0.1, -0.05) is 18.2 Å². The van der Waals surface area contributed by atoms with Crippen molar-refractivity contribution >= 4 is 11.7 Å². The van der Waals surface area contributed by atoms with Crippen molar-refractivity contribution in [3.05, 3.63) is 42.1 Å². The molecule has 2 heterocycles. The van der Waals surface area contributed by atoms with Gasteiger partial charge in [0.2, 0.25) is 5.91 Å². The summed E-state index contributed by atoms with van der Waals surface area (Å²) in [7, 11) is 4.03. The number of carbonyl (C=O) groups is 1. The van der Waals surface area contributed by atoms with Crippen LogP contribution < -0.4 is 15.4 Å². The van der Waals surface area contributed by atoms with Crippen LogP contribution in [0.5, 0.6) is 5.75 Å². The average Bonchev–Trinajstić information content (AvgIpc) is 2.89. The second kappa shape index (κ2) is 7.46. The number of fused-ring (bicyclic) bond motifs is 1. The van der Waals surface area contributed by atoms with Gasteiger partial charge in [-0.15, -0.1) is 0 Å². The maximum atomic E-state index is 12.7. The molecule has 1 atom stereocenters. The quantitative estimate of drug-likeness (QED) is 0.860. The maximum Gasteiger partial charge on any atom is 0.247 e. The fourth-order valence-electron chi connectivity index (χ4n) is 2.61. The van der Waals surface area contributed by atoms with Gasteiger partial charge in [0, 0.05) is 30.9 Å². The summed E-state index contributed by atoms with van der Waals surface area (Å²) >= 11 is 0. The molecule has 7 nitrogen and oxygen atoms in total.